The first-order valence-corrected chi connectivity index (χ1v) is 8.57. The van der Waals surface area contributed by atoms with E-state index in [0.29, 0.717) is 4.58 Å². The van der Waals surface area contributed by atoms with E-state index in [2.05, 4.69) is 17.4 Å². The van der Waals surface area contributed by atoms with Crippen LogP contribution in [0.3, 0.4) is 0 Å². The van der Waals surface area contributed by atoms with Gasteiger partial charge in [0.2, 0.25) is 5.91 Å². The lowest BCUT2D eigenvalue weighted by molar-refractivity contribution is -0.117. The number of hydrogen-bond acceptors (Lipinski definition) is 3. The van der Waals surface area contributed by atoms with Gasteiger partial charge in [-0.05, 0) is 48.5 Å². The van der Waals surface area contributed by atoms with Gasteiger partial charge in [-0.15, -0.1) is 23.5 Å². The molecule has 1 amide bonds. The highest BCUT2D eigenvalue weighted by atomic mass is 32.2. The largest absolute Gasteiger partial charge is 0.326 e. The molecule has 0 atom stereocenters. The van der Waals surface area contributed by atoms with Crippen LogP contribution in [0.2, 0.25) is 0 Å². The summed E-state index contributed by atoms with van der Waals surface area (Å²) in [5.74, 6) is 2.95. The van der Waals surface area contributed by atoms with Crippen LogP contribution in [0.1, 0.15) is 29.4 Å². The molecule has 2 fully saturated rings. The predicted octanol–water partition coefficient (Wildman–Crippen LogP) is 3.90. The minimum atomic E-state index is 0.191. The number of amides is 1. The van der Waals surface area contributed by atoms with Crippen LogP contribution < -0.4 is 5.32 Å². The maximum absolute atomic E-state index is 11.7. The normalized spacial score (nSPS) is 20.7. The highest BCUT2D eigenvalue weighted by Gasteiger charge is 2.29. The number of carbonyl (C=O) groups excluding carboxylic acids is 1. The van der Waals surface area contributed by atoms with Gasteiger partial charge in [0.05, 0.1) is 4.58 Å². The third-order valence-corrected chi connectivity index (χ3v) is 6.22. The third kappa shape index (κ3) is 3.04. The van der Waals surface area contributed by atoms with Gasteiger partial charge in [-0.25, -0.2) is 0 Å². The van der Waals surface area contributed by atoms with E-state index in [0.717, 1.165) is 18.5 Å². The molecule has 4 heteroatoms. The van der Waals surface area contributed by atoms with Crippen molar-refractivity contribution in [3.8, 4) is 0 Å². The lowest BCUT2D eigenvalue weighted by Gasteiger charge is -2.21. The molecule has 1 heterocycles. The maximum atomic E-state index is 11.7. The van der Waals surface area contributed by atoms with E-state index in [1.807, 2.05) is 35.7 Å². The summed E-state index contributed by atoms with van der Waals surface area (Å²) in [6.45, 7) is 0. The van der Waals surface area contributed by atoms with Gasteiger partial charge in [-0.3, -0.25) is 4.79 Å². The number of carbonyl (C=O) groups is 1. The average molecular weight is 279 g/mol. The van der Waals surface area contributed by atoms with Gasteiger partial charge in [-0.2, -0.15) is 0 Å². The maximum Gasteiger partial charge on any atom is 0.227 e. The zero-order valence-corrected chi connectivity index (χ0v) is 11.9. The Hall–Kier alpha value is -0.610. The summed E-state index contributed by atoms with van der Waals surface area (Å²) in [6.07, 6.45) is 3.42. The van der Waals surface area contributed by atoms with Crippen molar-refractivity contribution in [2.24, 2.45) is 5.92 Å². The van der Waals surface area contributed by atoms with Crippen LogP contribution in [-0.2, 0) is 4.79 Å². The lowest BCUT2D eigenvalue weighted by atomic mass is 10.2. The molecule has 1 aromatic carbocycles. The second-order valence-corrected chi connectivity index (χ2v) is 7.54. The smallest absolute Gasteiger partial charge is 0.227 e. The predicted molar refractivity (Wildman–Crippen MR) is 80.1 cm³/mol. The minimum absolute atomic E-state index is 0.191. The van der Waals surface area contributed by atoms with Crippen LogP contribution in [-0.4, -0.2) is 17.4 Å². The Bertz CT molecular complexity index is 439. The molecule has 1 saturated heterocycles. The van der Waals surface area contributed by atoms with E-state index in [-0.39, 0.29) is 11.8 Å². The average Bonchev–Trinajstić information content (AvgIpc) is 3.24. The lowest BCUT2D eigenvalue weighted by Crippen LogP contribution is -2.13. The monoisotopic (exact) mass is 279 g/mol. The van der Waals surface area contributed by atoms with Gasteiger partial charge < -0.3 is 5.32 Å². The standard InChI is InChI=1S/C14H17NOS2/c16-13(10-5-6-10)15-12-4-1-3-11(9-12)14-17-7-2-8-18-14/h1,3-4,9-10,14H,2,5-8H2,(H,15,16). The molecule has 96 valence electrons. The fourth-order valence-corrected chi connectivity index (χ4v) is 4.91. The molecule has 2 nitrogen and oxygen atoms in total. The Morgan fingerprint density at radius 3 is 2.72 bits per heavy atom. The van der Waals surface area contributed by atoms with Gasteiger partial charge in [0.25, 0.3) is 0 Å². The summed E-state index contributed by atoms with van der Waals surface area (Å²) in [7, 11) is 0. The second-order valence-electron chi connectivity index (χ2n) is 4.82. The molecule has 0 unspecified atom stereocenters. The Kier molecular flexibility index (Phi) is 3.85. The van der Waals surface area contributed by atoms with Crippen LogP contribution in [0.15, 0.2) is 24.3 Å². The fourth-order valence-electron chi connectivity index (χ4n) is 2.03. The van der Waals surface area contributed by atoms with Gasteiger partial charge in [0.15, 0.2) is 0 Å². The number of benzene rings is 1. The summed E-state index contributed by atoms with van der Waals surface area (Å²) in [4.78, 5) is 11.7. The van der Waals surface area contributed by atoms with Crippen molar-refractivity contribution in [2.75, 3.05) is 16.8 Å². The summed E-state index contributed by atoms with van der Waals surface area (Å²) in [5.41, 5.74) is 2.29. The zero-order valence-electron chi connectivity index (χ0n) is 10.2. The number of thioether (sulfide) groups is 2. The molecule has 3 rings (SSSR count). The molecule has 0 radical (unpaired) electrons. The highest BCUT2D eigenvalue weighted by molar-refractivity contribution is 8.16. The fraction of sp³-hybridized carbons (Fsp3) is 0.500. The van der Waals surface area contributed by atoms with Crippen LogP contribution in [0.5, 0.6) is 0 Å². The van der Waals surface area contributed by atoms with Crippen LogP contribution in [0.25, 0.3) is 0 Å². The SMILES string of the molecule is O=C(Nc1cccc(C2SCCCS2)c1)C1CC1. The molecule has 1 N–H and O–H groups in total. The van der Waals surface area contributed by atoms with E-state index in [9.17, 15) is 4.79 Å². The zero-order chi connectivity index (χ0) is 12.4. The molecule has 1 aromatic rings. The molecule has 18 heavy (non-hydrogen) atoms. The molecular weight excluding hydrogens is 262 g/mol. The Morgan fingerprint density at radius 1 is 1.22 bits per heavy atom. The first kappa shape index (κ1) is 12.4. The first-order valence-electron chi connectivity index (χ1n) is 6.47. The van der Waals surface area contributed by atoms with Crippen molar-refractivity contribution in [3.05, 3.63) is 29.8 Å². The molecular formula is C14H17NOS2. The van der Waals surface area contributed by atoms with E-state index < -0.39 is 0 Å². The number of nitrogens with one attached hydrogen (secondary N) is 1. The number of rotatable bonds is 3. The first-order chi connectivity index (χ1) is 8.83. The third-order valence-electron chi connectivity index (χ3n) is 3.20. The molecule has 0 spiro atoms. The highest BCUT2D eigenvalue weighted by Crippen LogP contribution is 2.44. The molecule has 1 aliphatic carbocycles. The van der Waals surface area contributed by atoms with E-state index in [1.165, 1.54) is 23.5 Å². The molecule has 0 aromatic heterocycles. The Balaban J connectivity index is 1.69. The summed E-state index contributed by atoms with van der Waals surface area (Å²) >= 11 is 4.03. The van der Waals surface area contributed by atoms with Crippen molar-refractivity contribution >= 4 is 35.1 Å². The molecule has 1 aliphatic heterocycles. The summed E-state index contributed by atoms with van der Waals surface area (Å²) in [6, 6.07) is 8.34. The quantitative estimate of drug-likeness (QED) is 0.909. The topological polar surface area (TPSA) is 29.1 Å². The van der Waals surface area contributed by atoms with E-state index >= 15 is 0 Å². The van der Waals surface area contributed by atoms with E-state index in [1.54, 1.807) is 0 Å². The van der Waals surface area contributed by atoms with Crippen LogP contribution >= 0.6 is 23.5 Å². The Labute approximate surface area is 116 Å². The summed E-state index contributed by atoms with van der Waals surface area (Å²) < 4.78 is 0.538. The molecule has 2 aliphatic rings. The second kappa shape index (κ2) is 5.57. The van der Waals surface area contributed by atoms with E-state index in [4.69, 9.17) is 0 Å². The van der Waals surface area contributed by atoms with Gasteiger partial charge in [-0.1, -0.05) is 12.1 Å². The van der Waals surface area contributed by atoms with Gasteiger partial charge >= 0.3 is 0 Å². The molecule has 0 bridgehead atoms. The van der Waals surface area contributed by atoms with Crippen molar-refractivity contribution in [1.29, 1.82) is 0 Å². The van der Waals surface area contributed by atoms with Crippen molar-refractivity contribution in [1.82, 2.24) is 0 Å². The van der Waals surface area contributed by atoms with Crippen molar-refractivity contribution in [3.63, 3.8) is 0 Å². The Morgan fingerprint density at radius 2 is 2.00 bits per heavy atom. The van der Waals surface area contributed by atoms with Crippen molar-refractivity contribution < 1.29 is 4.79 Å². The minimum Gasteiger partial charge on any atom is -0.326 e. The number of hydrogen-bond donors (Lipinski definition) is 1. The van der Waals surface area contributed by atoms with Crippen LogP contribution in [0.4, 0.5) is 5.69 Å². The van der Waals surface area contributed by atoms with Crippen LogP contribution in [0, 0.1) is 5.92 Å². The summed E-state index contributed by atoms with van der Waals surface area (Å²) in [5, 5.41) is 3.03. The van der Waals surface area contributed by atoms with Gasteiger partial charge in [0, 0.05) is 11.6 Å². The van der Waals surface area contributed by atoms with Crippen molar-refractivity contribution in [2.45, 2.75) is 23.8 Å². The molecule has 1 saturated carbocycles. The van der Waals surface area contributed by atoms with Gasteiger partial charge in [0.1, 0.15) is 0 Å². The number of anilines is 1.